The zero-order chi connectivity index (χ0) is 25.3. The summed E-state index contributed by atoms with van der Waals surface area (Å²) in [5.41, 5.74) is 3.61. The summed E-state index contributed by atoms with van der Waals surface area (Å²) in [6.07, 6.45) is 5.27. The van der Waals surface area contributed by atoms with Crippen LogP contribution in [0.1, 0.15) is 56.1 Å². The highest BCUT2D eigenvalue weighted by molar-refractivity contribution is 5.61. The molecule has 0 aromatic heterocycles. The predicted molar refractivity (Wildman–Crippen MR) is 142 cm³/mol. The lowest BCUT2D eigenvalue weighted by atomic mass is 9.73. The number of nitrogens with zero attached hydrogens (tertiary/aromatic N) is 2. The number of rotatable bonds is 11. The van der Waals surface area contributed by atoms with Crippen LogP contribution in [0, 0.1) is 23.2 Å². The Labute approximate surface area is 216 Å². The van der Waals surface area contributed by atoms with Gasteiger partial charge in [-0.2, -0.15) is 5.26 Å². The van der Waals surface area contributed by atoms with Crippen LogP contribution < -0.4 is 14.4 Å². The molecule has 1 aliphatic carbocycles. The first kappa shape index (κ1) is 26.3. The Morgan fingerprint density at radius 1 is 1.14 bits per heavy atom. The highest BCUT2D eigenvalue weighted by Gasteiger charge is 2.33. The van der Waals surface area contributed by atoms with E-state index in [1.807, 2.05) is 19.1 Å². The Kier molecular flexibility index (Phi) is 9.49. The number of nitriles is 1. The van der Waals surface area contributed by atoms with Crippen LogP contribution in [0.3, 0.4) is 0 Å². The van der Waals surface area contributed by atoms with Crippen molar-refractivity contribution in [2.75, 3.05) is 45.4 Å². The van der Waals surface area contributed by atoms with Crippen molar-refractivity contribution in [2.45, 2.75) is 57.7 Å². The summed E-state index contributed by atoms with van der Waals surface area (Å²) in [4.78, 5) is 2.39. The first-order valence-corrected chi connectivity index (χ1v) is 13.3. The van der Waals surface area contributed by atoms with Gasteiger partial charge in [0.05, 0.1) is 38.1 Å². The Balaban J connectivity index is 1.45. The molecule has 2 aromatic carbocycles. The van der Waals surface area contributed by atoms with Gasteiger partial charge >= 0.3 is 0 Å². The fraction of sp³-hybridized carbons (Fsp3) is 0.567. The molecule has 1 unspecified atom stereocenters. The summed E-state index contributed by atoms with van der Waals surface area (Å²) < 4.78 is 23.1. The molecule has 4 atom stereocenters. The van der Waals surface area contributed by atoms with Crippen LogP contribution in [0.15, 0.2) is 42.5 Å². The second kappa shape index (κ2) is 13.0. The molecule has 0 bridgehead atoms. The van der Waals surface area contributed by atoms with Gasteiger partial charge in [0.25, 0.3) is 0 Å². The SMILES string of the molecule is COCCCN1CCOc2ccc(CO[C@H]3CC[C@@H](CC(C)C#N)C[C@@H]3c3ccc(OC)cc3)cc21. The molecule has 4 rings (SSSR count). The molecule has 0 saturated heterocycles. The topological polar surface area (TPSA) is 64.0 Å². The first-order chi connectivity index (χ1) is 17.6. The van der Waals surface area contributed by atoms with E-state index in [4.69, 9.17) is 18.9 Å². The van der Waals surface area contributed by atoms with Crippen molar-refractivity contribution in [1.82, 2.24) is 0 Å². The van der Waals surface area contributed by atoms with Crippen LogP contribution >= 0.6 is 0 Å². The number of benzene rings is 2. The first-order valence-electron chi connectivity index (χ1n) is 13.3. The summed E-state index contributed by atoms with van der Waals surface area (Å²) in [6.45, 7) is 5.94. The van der Waals surface area contributed by atoms with E-state index in [0.29, 0.717) is 25.0 Å². The van der Waals surface area contributed by atoms with Crippen LogP contribution in [0.4, 0.5) is 5.69 Å². The number of hydrogen-bond acceptors (Lipinski definition) is 6. The molecule has 1 heterocycles. The zero-order valence-electron chi connectivity index (χ0n) is 21.9. The van der Waals surface area contributed by atoms with Crippen LogP contribution in [-0.4, -0.2) is 46.6 Å². The molecule has 0 spiro atoms. The van der Waals surface area contributed by atoms with Gasteiger partial charge in [0.1, 0.15) is 18.1 Å². The zero-order valence-corrected chi connectivity index (χ0v) is 21.9. The fourth-order valence-electron chi connectivity index (χ4n) is 5.64. The van der Waals surface area contributed by atoms with E-state index in [9.17, 15) is 5.26 Å². The van der Waals surface area contributed by atoms with Crippen LogP contribution in [0.2, 0.25) is 0 Å². The van der Waals surface area contributed by atoms with Gasteiger partial charge in [-0.05, 0) is 80.3 Å². The summed E-state index contributed by atoms with van der Waals surface area (Å²) in [7, 11) is 3.45. The minimum Gasteiger partial charge on any atom is -0.497 e. The third kappa shape index (κ3) is 6.72. The molecule has 6 heteroatoms. The van der Waals surface area contributed by atoms with E-state index >= 15 is 0 Å². The standard InChI is InChI=1S/C30H40N2O4/c1-22(20-31)17-23-5-11-29(27(18-23)25-7-9-26(34-3)10-8-25)36-21-24-6-12-30-28(19-24)32(14-16-35-30)13-4-15-33-2/h6-10,12,19,22-23,27,29H,4-5,11,13-18,21H2,1-3H3/t22?,23-,27+,29-/m0/s1. The molecule has 1 fully saturated rings. The van der Waals surface area contributed by atoms with Gasteiger partial charge in [0.2, 0.25) is 0 Å². The predicted octanol–water partition coefficient (Wildman–Crippen LogP) is 5.95. The van der Waals surface area contributed by atoms with Gasteiger partial charge in [-0.3, -0.25) is 0 Å². The van der Waals surface area contributed by atoms with Crippen molar-refractivity contribution in [2.24, 2.45) is 11.8 Å². The maximum atomic E-state index is 9.32. The average Bonchev–Trinajstić information content (AvgIpc) is 2.92. The number of methoxy groups -OCH3 is 2. The van der Waals surface area contributed by atoms with Gasteiger partial charge < -0.3 is 23.8 Å². The summed E-state index contributed by atoms with van der Waals surface area (Å²) in [6, 6.07) is 17.3. The molecule has 2 aromatic rings. The molecular formula is C30H40N2O4. The van der Waals surface area contributed by atoms with E-state index in [0.717, 1.165) is 69.0 Å². The second-order valence-corrected chi connectivity index (χ2v) is 10.2. The number of anilines is 1. The van der Waals surface area contributed by atoms with Crippen molar-refractivity contribution in [3.63, 3.8) is 0 Å². The summed E-state index contributed by atoms with van der Waals surface area (Å²) in [5, 5.41) is 9.32. The third-order valence-corrected chi connectivity index (χ3v) is 7.57. The van der Waals surface area contributed by atoms with E-state index in [1.54, 1.807) is 14.2 Å². The molecule has 0 N–H and O–H groups in total. The third-order valence-electron chi connectivity index (χ3n) is 7.57. The van der Waals surface area contributed by atoms with Crippen molar-refractivity contribution >= 4 is 5.69 Å². The van der Waals surface area contributed by atoms with E-state index in [-0.39, 0.29) is 12.0 Å². The molecule has 2 aliphatic rings. The molecule has 0 amide bonds. The van der Waals surface area contributed by atoms with Crippen molar-refractivity contribution < 1.29 is 18.9 Å². The fourth-order valence-corrected chi connectivity index (χ4v) is 5.64. The summed E-state index contributed by atoms with van der Waals surface area (Å²) >= 11 is 0. The normalized spacial score (nSPS) is 22.3. The Hall–Kier alpha value is -2.75. The lowest BCUT2D eigenvalue weighted by Gasteiger charge is -2.37. The monoisotopic (exact) mass is 492 g/mol. The van der Waals surface area contributed by atoms with Gasteiger partial charge in [-0.25, -0.2) is 0 Å². The second-order valence-electron chi connectivity index (χ2n) is 10.2. The maximum absolute atomic E-state index is 9.32. The average molecular weight is 493 g/mol. The van der Waals surface area contributed by atoms with Gasteiger partial charge in [0.15, 0.2) is 0 Å². The molecule has 1 aliphatic heterocycles. The number of fused-ring (bicyclic) bond motifs is 1. The highest BCUT2D eigenvalue weighted by atomic mass is 16.5. The Morgan fingerprint density at radius 2 is 1.97 bits per heavy atom. The quantitative estimate of drug-likeness (QED) is 0.361. The number of ether oxygens (including phenoxy) is 4. The molecular weight excluding hydrogens is 452 g/mol. The Bertz CT molecular complexity index is 1000. The summed E-state index contributed by atoms with van der Waals surface area (Å²) in [5.74, 6) is 2.77. The van der Waals surface area contributed by atoms with Crippen LogP contribution in [0.25, 0.3) is 0 Å². The van der Waals surface area contributed by atoms with Crippen LogP contribution in [-0.2, 0) is 16.1 Å². The maximum Gasteiger partial charge on any atom is 0.142 e. The van der Waals surface area contributed by atoms with E-state index in [2.05, 4.69) is 41.3 Å². The van der Waals surface area contributed by atoms with E-state index in [1.165, 1.54) is 11.1 Å². The smallest absolute Gasteiger partial charge is 0.142 e. The molecule has 1 saturated carbocycles. The minimum atomic E-state index is 0.0912. The lowest BCUT2D eigenvalue weighted by Crippen LogP contribution is -2.34. The number of hydrogen-bond donors (Lipinski definition) is 0. The van der Waals surface area contributed by atoms with Gasteiger partial charge in [-0.1, -0.05) is 18.2 Å². The lowest BCUT2D eigenvalue weighted by molar-refractivity contribution is -0.0101. The van der Waals surface area contributed by atoms with Crippen LogP contribution in [0.5, 0.6) is 11.5 Å². The van der Waals surface area contributed by atoms with Gasteiger partial charge in [0, 0.05) is 32.1 Å². The molecule has 0 radical (unpaired) electrons. The van der Waals surface area contributed by atoms with E-state index < -0.39 is 0 Å². The minimum absolute atomic E-state index is 0.0912. The van der Waals surface area contributed by atoms with Gasteiger partial charge in [-0.15, -0.1) is 0 Å². The highest BCUT2D eigenvalue weighted by Crippen LogP contribution is 2.41. The van der Waals surface area contributed by atoms with Crippen molar-refractivity contribution in [3.8, 4) is 17.6 Å². The molecule has 36 heavy (non-hydrogen) atoms. The Morgan fingerprint density at radius 3 is 2.72 bits per heavy atom. The molecule has 6 nitrogen and oxygen atoms in total. The molecule has 194 valence electrons. The van der Waals surface area contributed by atoms with Crippen molar-refractivity contribution in [3.05, 3.63) is 53.6 Å². The van der Waals surface area contributed by atoms with Crippen molar-refractivity contribution in [1.29, 1.82) is 5.26 Å². The largest absolute Gasteiger partial charge is 0.497 e.